The van der Waals surface area contributed by atoms with Crippen LogP contribution in [0.25, 0.3) is 11.1 Å². The van der Waals surface area contributed by atoms with Gasteiger partial charge in [0.15, 0.2) is 0 Å². The summed E-state index contributed by atoms with van der Waals surface area (Å²) in [5.74, 6) is 0.663. The number of nitrogens with zero attached hydrogens (tertiary/aromatic N) is 1. The largest absolute Gasteiger partial charge is 0.493 e. The van der Waals surface area contributed by atoms with Crippen LogP contribution in [0.1, 0.15) is 24.0 Å². The Morgan fingerprint density at radius 2 is 2.00 bits per heavy atom. The summed E-state index contributed by atoms with van der Waals surface area (Å²) < 4.78 is 25.8. The molecule has 0 spiro atoms. The molecule has 1 aliphatic carbocycles. The smallest absolute Gasteiger partial charge is 0.129 e. The summed E-state index contributed by atoms with van der Waals surface area (Å²) in [6, 6.07) is 11.6. The molecule has 0 N–H and O–H groups in total. The molecular weight excluding hydrogens is 337 g/mol. The Labute approximate surface area is 151 Å². The molecule has 3 nitrogen and oxygen atoms in total. The number of fused-ring (bicyclic) bond motifs is 1. The number of ether oxygens (including phenoxy) is 2. The van der Waals surface area contributed by atoms with Crippen molar-refractivity contribution < 1.29 is 13.9 Å². The Morgan fingerprint density at radius 1 is 1.20 bits per heavy atom. The highest BCUT2D eigenvalue weighted by Gasteiger charge is 2.29. The number of rotatable bonds is 5. The van der Waals surface area contributed by atoms with Gasteiger partial charge < -0.3 is 9.47 Å². The Hall–Kier alpha value is -2.07. The molecule has 1 fully saturated rings. The molecule has 2 aliphatic rings. The molecule has 1 saturated carbocycles. The van der Waals surface area contributed by atoms with E-state index in [1.54, 1.807) is 12.1 Å². The monoisotopic (exact) mass is 355 g/mol. The van der Waals surface area contributed by atoms with Crippen LogP contribution < -0.4 is 4.74 Å². The number of hydrogen-bond donors (Lipinski definition) is 0. The van der Waals surface area contributed by atoms with Gasteiger partial charge in [0.1, 0.15) is 11.6 Å². The van der Waals surface area contributed by atoms with Crippen molar-refractivity contribution >= 4 is 17.4 Å². The highest BCUT2D eigenvalue weighted by Crippen LogP contribution is 2.32. The van der Waals surface area contributed by atoms with E-state index in [4.69, 9.17) is 9.47 Å². The van der Waals surface area contributed by atoms with Crippen molar-refractivity contribution in [3.8, 4) is 16.9 Å². The van der Waals surface area contributed by atoms with Gasteiger partial charge in [0.05, 0.1) is 30.5 Å². The van der Waals surface area contributed by atoms with Gasteiger partial charge in [-0.1, -0.05) is 24.3 Å². The normalized spacial score (nSPS) is 21.0. The molecule has 25 heavy (non-hydrogen) atoms. The molecule has 2 aromatic rings. The number of halogens is 1. The van der Waals surface area contributed by atoms with Crippen molar-refractivity contribution in [2.24, 2.45) is 4.99 Å². The van der Waals surface area contributed by atoms with Crippen LogP contribution in [0.5, 0.6) is 5.75 Å². The van der Waals surface area contributed by atoms with Crippen LogP contribution in [-0.4, -0.2) is 23.9 Å². The lowest BCUT2D eigenvalue weighted by atomic mass is 9.90. The molecule has 0 unspecified atom stereocenters. The number of thiocarbonyl (C=S) groups is 1. The van der Waals surface area contributed by atoms with E-state index in [0.29, 0.717) is 5.56 Å². The Bertz CT molecular complexity index is 842. The topological polar surface area (TPSA) is 30.8 Å². The quantitative estimate of drug-likeness (QED) is 0.581. The first kappa shape index (κ1) is 16.4. The standard InChI is InChI=1S/C20H18FNO2S/c21-19-7-14(15-2-1-13-5-6-23-20(13)8-15)3-4-16(19)11-24-18-9-17(10-18)22-12-25/h1-4,7-8,17-18H,5-6,9-11H2. The minimum atomic E-state index is -0.244. The SMILES string of the molecule is Fc1cc(-c2ccc3c(c2)OCC3)ccc1COC1CC(N=C=S)C1. The number of benzene rings is 2. The summed E-state index contributed by atoms with van der Waals surface area (Å²) in [5, 5.41) is 2.39. The van der Waals surface area contributed by atoms with Crippen LogP contribution >= 0.6 is 12.2 Å². The van der Waals surface area contributed by atoms with Crippen molar-refractivity contribution in [3.63, 3.8) is 0 Å². The Morgan fingerprint density at radius 3 is 2.80 bits per heavy atom. The summed E-state index contributed by atoms with van der Waals surface area (Å²) in [6.45, 7) is 0.999. The van der Waals surface area contributed by atoms with Crippen molar-refractivity contribution in [3.05, 3.63) is 53.3 Å². The van der Waals surface area contributed by atoms with E-state index in [0.717, 1.165) is 42.7 Å². The van der Waals surface area contributed by atoms with Gasteiger partial charge in [-0.2, -0.15) is 0 Å². The predicted octanol–water partition coefficient (Wildman–Crippen LogP) is 4.58. The lowest BCUT2D eigenvalue weighted by molar-refractivity contribution is -0.0192. The van der Waals surface area contributed by atoms with E-state index >= 15 is 0 Å². The van der Waals surface area contributed by atoms with Gasteiger partial charge in [-0.05, 0) is 53.9 Å². The summed E-state index contributed by atoms with van der Waals surface area (Å²) in [5.41, 5.74) is 3.60. The summed E-state index contributed by atoms with van der Waals surface area (Å²) in [7, 11) is 0. The average Bonchev–Trinajstić information content (AvgIpc) is 3.05. The first-order chi connectivity index (χ1) is 12.2. The molecule has 0 amide bonds. The van der Waals surface area contributed by atoms with E-state index < -0.39 is 0 Å². The maximum atomic E-state index is 14.4. The minimum absolute atomic E-state index is 0.130. The molecule has 0 bridgehead atoms. The van der Waals surface area contributed by atoms with E-state index in [-0.39, 0.29) is 24.6 Å². The average molecular weight is 355 g/mol. The highest BCUT2D eigenvalue weighted by molar-refractivity contribution is 7.78. The van der Waals surface area contributed by atoms with Gasteiger partial charge in [-0.3, -0.25) is 0 Å². The molecular formula is C20H18FNO2S. The maximum Gasteiger partial charge on any atom is 0.129 e. The number of hydrogen-bond acceptors (Lipinski definition) is 4. The van der Waals surface area contributed by atoms with Crippen molar-refractivity contribution in [2.75, 3.05) is 6.61 Å². The molecule has 128 valence electrons. The van der Waals surface area contributed by atoms with Gasteiger partial charge in [-0.15, -0.1) is 0 Å². The molecule has 4 rings (SSSR count). The fraction of sp³-hybridized carbons (Fsp3) is 0.350. The predicted molar refractivity (Wildman–Crippen MR) is 97.7 cm³/mol. The zero-order valence-electron chi connectivity index (χ0n) is 13.7. The zero-order valence-corrected chi connectivity index (χ0v) is 14.5. The first-order valence-corrected chi connectivity index (χ1v) is 8.87. The third-order valence-corrected chi connectivity index (χ3v) is 4.97. The lowest BCUT2D eigenvalue weighted by Crippen LogP contribution is -2.34. The van der Waals surface area contributed by atoms with Gasteiger partial charge in [0, 0.05) is 12.0 Å². The second kappa shape index (κ2) is 7.04. The third-order valence-electron chi connectivity index (χ3n) is 4.86. The summed E-state index contributed by atoms with van der Waals surface area (Å²) >= 11 is 4.59. The minimum Gasteiger partial charge on any atom is -0.493 e. The van der Waals surface area contributed by atoms with Crippen molar-refractivity contribution in [1.29, 1.82) is 0 Å². The van der Waals surface area contributed by atoms with E-state index in [9.17, 15) is 4.39 Å². The molecule has 0 saturated heterocycles. The molecule has 2 aromatic carbocycles. The summed E-state index contributed by atoms with van der Waals surface area (Å²) in [4.78, 5) is 4.02. The number of isothiocyanates is 1. The number of aliphatic imine (C=N–C) groups is 1. The third kappa shape index (κ3) is 3.49. The lowest BCUT2D eigenvalue weighted by Gasteiger charge is -2.31. The maximum absolute atomic E-state index is 14.4. The van der Waals surface area contributed by atoms with E-state index in [2.05, 4.69) is 28.4 Å². The van der Waals surface area contributed by atoms with Crippen molar-refractivity contribution in [1.82, 2.24) is 0 Å². The molecule has 0 atom stereocenters. The Balaban J connectivity index is 1.42. The molecule has 1 heterocycles. The molecule has 5 heteroatoms. The van der Waals surface area contributed by atoms with Crippen molar-refractivity contribution in [2.45, 2.75) is 38.0 Å². The van der Waals surface area contributed by atoms with E-state index in [1.807, 2.05) is 18.2 Å². The van der Waals surface area contributed by atoms with Gasteiger partial charge in [0.2, 0.25) is 0 Å². The second-order valence-electron chi connectivity index (χ2n) is 6.51. The highest BCUT2D eigenvalue weighted by atomic mass is 32.1. The second-order valence-corrected chi connectivity index (χ2v) is 6.69. The van der Waals surface area contributed by atoms with Crippen LogP contribution in [0.2, 0.25) is 0 Å². The Kier molecular flexibility index (Phi) is 4.62. The van der Waals surface area contributed by atoms with Gasteiger partial charge in [0.25, 0.3) is 0 Å². The zero-order chi connectivity index (χ0) is 17.2. The summed E-state index contributed by atoms with van der Waals surface area (Å²) in [6.07, 6.45) is 2.74. The molecule has 0 aromatic heterocycles. The van der Waals surface area contributed by atoms with Crippen LogP contribution in [0.4, 0.5) is 4.39 Å². The van der Waals surface area contributed by atoms with Gasteiger partial charge in [-0.25, -0.2) is 9.38 Å². The van der Waals surface area contributed by atoms with Crippen LogP contribution in [-0.2, 0) is 17.8 Å². The fourth-order valence-electron chi connectivity index (χ4n) is 3.25. The van der Waals surface area contributed by atoms with E-state index in [1.165, 1.54) is 5.56 Å². The fourth-order valence-corrected chi connectivity index (χ4v) is 3.40. The first-order valence-electron chi connectivity index (χ1n) is 8.46. The van der Waals surface area contributed by atoms with Crippen LogP contribution in [0.15, 0.2) is 41.4 Å². The molecule has 0 radical (unpaired) electrons. The van der Waals surface area contributed by atoms with Crippen LogP contribution in [0.3, 0.4) is 0 Å². The van der Waals surface area contributed by atoms with Crippen LogP contribution in [0, 0.1) is 5.82 Å². The van der Waals surface area contributed by atoms with Gasteiger partial charge >= 0.3 is 0 Å². The molecule has 1 aliphatic heterocycles.